The van der Waals surface area contributed by atoms with Crippen molar-refractivity contribution in [2.75, 3.05) is 14.2 Å². The van der Waals surface area contributed by atoms with Crippen molar-refractivity contribution in [3.8, 4) is 17.2 Å². The number of phenolic OH excluding ortho intramolecular Hbond substituents is 2. The topological polar surface area (TPSA) is 184 Å². The van der Waals surface area contributed by atoms with Crippen molar-refractivity contribution in [3.05, 3.63) is 51.6 Å². The largest absolute Gasteiger partial charge is 0.507 e. The summed E-state index contributed by atoms with van der Waals surface area (Å²) in [6.45, 7) is 2.82. The highest BCUT2D eigenvalue weighted by atomic mass is 32.1. The zero-order chi connectivity index (χ0) is 30.7. The molecule has 6 unspecified atom stereocenters. The maximum Gasteiger partial charge on any atom is 0.202 e. The van der Waals surface area contributed by atoms with Gasteiger partial charge in [0.25, 0.3) is 0 Å². The molecule has 1 saturated heterocycles. The standard InChI is InChI=1S/C29H32N2O10S/c1-11-23(33)15(31-28(42)30-3)8-18(40-11)41-17-10-29(38,12(2)32)9-14-20(17)27(37)22-21(25(14)35)24(34)13-6-5-7-16(39-4)19(13)26(22)36/h5-7,11,15,17-18,23,33,35,37-38H,8-10H2,1-4H3,(H2,30,31,42). The smallest absolute Gasteiger partial charge is 0.202 e. The number of Topliss-reactive ketones (excluding diaryl/α,β-unsaturated/α-hetero) is 1. The molecule has 2 aliphatic carbocycles. The van der Waals surface area contributed by atoms with E-state index in [2.05, 4.69) is 10.6 Å². The maximum absolute atomic E-state index is 13.8. The molecule has 3 aliphatic rings. The van der Waals surface area contributed by atoms with Gasteiger partial charge in [-0.2, -0.15) is 0 Å². The van der Waals surface area contributed by atoms with Gasteiger partial charge in [-0.25, -0.2) is 0 Å². The van der Waals surface area contributed by atoms with Crippen molar-refractivity contribution >= 4 is 34.7 Å². The quantitative estimate of drug-likeness (QED) is 0.181. The van der Waals surface area contributed by atoms with Gasteiger partial charge >= 0.3 is 0 Å². The van der Waals surface area contributed by atoms with Crippen LogP contribution < -0.4 is 15.4 Å². The van der Waals surface area contributed by atoms with E-state index in [-0.39, 0.29) is 46.0 Å². The van der Waals surface area contributed by atoms with Crippen LogP contribution in [0.5, 0.6) is 17.2 Å². The molecular formula is C29H32N2O10S. The number of aliphatic hydroxyl groups excluding tert-OH is 1. The van der Waals surface area contributed by atoms with Crippen molar-refractivity contribution in [2.24, 2.45) is 0 Å². The Morgan fingerprint density at radius 3 is 2.48 bits per heavy atom. The number of nitrogens with one attached hydrogen (secondary N) is 2. The summed E-state index contributed by atoms with van der Waals surface area (Å²) in [5.41, 5.74) is -3.11. The second-order valence-electron chi connectivity index (χ2n) is 10.8. The van der Waals surface area contributed by atoms with Crippen LogP contribution in [0, 0.1) is 0 Å². The van der Waals surface area contributed by atoms with Gasteiger partial charge in [0, 0.05) is 43.0 Å². The van der Waals surface area contributed by atoms with E-state index in [1.807, 2.05) is 0 Å². The van der Waals surface area contributed by atoms with Crippen molar-refractivity contribution in [2.45, 2.75) is 69.4 Å². The number of phenols is 2. The van der Waals surface area contributed by atoms with E-state index < -0.39 is 82.6 Å². The summed E-state index contributed by atoms with van der Waals surface area (Å²) >= 11 is 5.18. The predicted octanol–water partition coefficient (Wildman–Crippen LogP) is 1.16. The fraction of sp³-hybridized carbons (Fsp3) is 0.448. The number of carbonyl (C=O) groups is 3. The Balaban J connectivity index is 1.62. The number of rotatable bonds is 5. The lowest BCUT2D eigenvalue weighted by atomic mass is 9.72. The van der Waals surface area contributed by atoms with Gasteiger partial charge in [-0.05, 0) is 32.1 Å². The molecule has 6 N–H and O–H groups in total. The second kappa shape index (κ2) is 10.9. The third kappa shape index (κ3) is 4.71. The molecule has 1 fully saturated rings. The van der Waals surface area contributed by atoms with Crippen molar-refractivity contribution in [1.29, 1.82) is 0 Å². The molecule has 0 spiro atoms. The summed E-state index contributed by atoms with van der Waals surface area (Å²) in [5, 5.41) is 51.1. The first kappa shape index (κ1) is 29.9. The fourth-order valence-corrected chi connectivity index (χ4v) is 6.16. The number of aliphatic hydroxyl groups is 2. The van der Waals surface area contributed by atoms with E-state index >= 15 is 0 Å². The predicted molar refractivity (Wildman–Crippen MR) is 151 cm³/mol. The number of hydrogen-bond acceptors (Lipinski definition) is 11. The molecule has 13 heteroatoms. The molecule has 42 heavy (non-hydrogen) atoms. The van der Waals surface area contributed by atoms with E-state index in [4.69, 9.17) is 26.4 Å². The van der Waals surface area contributed by atoms with Crippen LogP contribution in [0.1, 0.15) is 75.8 Å². The van der Waals surface area contributed by atoms with Crippen molar-refractivity contribution < 1.29 is 49.0 Å². The molecule has 1 aliphatic heterocycles. The second-order valence-corrected chi connectivity index (χ2v) is 11.2. The Labute approximate surface area is 246 Å². The summed E-state index contributed by atoms with van der Waals surface area (Å²) in [6.07, 6.45) is -4.65. The van der Waals surface area contributed by atoms with Crippen molar-refractivity contribution in [3.63, 3.8) is 0 Å². The number of hydrogen-bond donors (Lipinski definition) is 6. The maximum atomic E-state index is 13.8. The van der Waals surface area contributed by atoms with Gasteiger partial charge in [-0.15, -0.1) is 0 Å². The number of thiocarbonyl (C=S) groups is 1. The van der Waals surface area contributed by atoms with Crippen LogP contribution in [0.15, 0.2) is 18.2 Å². The van der Waals surface area contributed by atoms with Gasteiger partial charge in [0.1, 0.15) is 29.0 Å². The highest BCUT2D eigenvalue weighted by Gasteiger charge is 2.49. The van der Waals surface area contributed by atoms with E-state index in [1.165, 1.54) is 32.2 Å². The Hall–Kier alpha value is -3.62. The molecule has 0 radical (unpaired) electrons. The average Bonchev–Trinajstić information content (AvgIpc) is 2.95. The molecule has 12 nitrogen and oxygen atoms in total. The normalized spacial score (nSPS) is 28.3. The number of ether oxygens (including phenoxy) is 3. The first-order valence-corrected chi connectivity index (χ1v) is 13.8. The molecule has 0 aromatic heterocycles. The molecule has 2 aromatic carbocycles. The zero-order valence-electron chi connectivity index (χ0n) is 23.4. The molecular weight excluding hydrogens is 568 g/mol. The minimum absolute atomic E-state index is 0.0203. The van der Waals surface area contributed by atoms with E-state index in [9.17, 15) is 34.8 Å². The number of carbonyl (C=O) groups excluding carboxylic acids is 3. The number of fused-ring (bicyclic) bond motifs is 3. The van der Waals surface area contributed by atoms with E-state index in [1.54, 1.807) is 14.0 Å². The first-order chi connectivity index (χ1) is 19.8. The number of aromatic hydroxyl groups is 2. The zero-order valence-corrected chi connectivity index (χ0v) is 24.2. The molecule has 5 rings (SSSR count). The Bertz CT molecular complexity index is 1510. The molecule has 0 amide bonds. The Morgan fingerprint density at radius 2 is 1.83 bits per heavy atom. The van der Waals surface area contributed by atoms with Crippen LogP contribution in [0.25, 0.3) is 0 Å². The van der Waals surface area contributed by atoms with Crippen LogP contribution in [-0.2, 0) is 20.7 Å². The summed E-state index contributed by atoms with van der Waals surface area (Å²) in [7, 11) is 2.96. The Kier molecular flexibility index (Phi) is 7.75. The minimum Gasteiger partial charge on any atom is -0.507 e. The van der Waals surface area contributed by atoms with Crippen LogP contribution >= 0.6 is 12.2 Å². The summed E-state index contributed by atoms with van der Waals surface area (Å²) in [4.78, 5) is 40.0. The van der Waals surface area contributed by atoms with E-state index in [0.29, 0.717) is 0 Å². The molecule has 2 aromatic rings. The van der Waals surface area contributed by atoms with Gasteiger partial charge in [-0.3, -0.25) is 14.4 Å². The highest BCUT2D eigenvalue weighted by Crippen LogP contribution is 2.52. The lowest BCUT2D eigenvalue weighted by Crippen LogP contribution is -2.57. The molecule has 1 heterocycles. The van der Waals surface area contributed by atoms with E-state index in [0.717, 1.165) is 0 Å². The minimum atomic E-state index is -2.02. The van der Waals surface area contributed by atoms with Gasteiger partial charge in [-0.1, -0.05) is 12.1 Å². The SMILES string of the molecule is CNC(=S)NC1CC(OC2CC(O)(C(C)=O)Cc3c(O)c4c(c(O)c32)C(=O)c2c(OC)cccc2C4=O)OC(C)C1O. The third-order valence-electron chi connectivity index (χ3n) is 8.30. The summed E-state index contributed by atoms with van der Waals surface area (Å²) in [6, 6.07) is 3.84. The lowest BCUT2D eigenvalue weighted by Gasteiger charge is -2.43. The van der Waals surface area contributed by atoms with Crippen LogP contribution in [0.3, 0.4) is 0 Å². The highest BCUT2D eigenvalue weighted by molar-refractivity contribution is 7.80. The van der Waals surface area contributed by atoms with Gasteiger partial charge in [0.2, 0.25) is 5.78 Å². The van der Waals surface area contributed by atoms with Gasteiger partial charge < -0.3 is 45.3 Å². The fourth-order valence-electron chi connectivity index (χ4n) is 6.01. The van der Waals surface area contributed by atoms with Gasteiger partial charge in [0.05, 0.1) is 42.0 Å². The Morgan fingerprint density at radius 1 is 1.14 bits per heavy atom. The average molecular weight is 601 g/mol. The summed E-state index contributed by atoms with van der Waals surface area (Å²) in [5.74, 6) is -3.22. The third-order valence-corrected chi connectivity index (χ3v) is 8.62. The monoisotopic (exact) mass is 600 g/mol. The molecule has 0 bridgehead atoms. The molecule has 0 saturated carbocycles. The van der Waals surface area contributed by atoms with Crippen LogP contribution in [-0.4, -0.2) is 87.2 Å². The number of ketones is 3. The van der Waals surface area contributed by atoms with Crippen LogP contribution in [0.2, 0.25) is 0 Å². The van der Waals surface area contributed by atoms with Gasteiger partial charge in [0.15, 0.2) is 23.0 Å². The van der Waals surface area contributed by atoms with Crippen LogP contribution in [0.4, 0.5) is 0 Å². The number of methoxy groups -OCH3 is 1. The summed E-state index contributed by atoms with van der Waals surface area (Å²) < 4.78 is 17.4. The van der Waals surface area contributed by atoms with Crippen molar-refractivity contribution in [1.82, 2.24) is 10.6 Å². The molecule has 6 atom stereocenters. The number of benzene rings is 2. The molecule has 224 valence electrons. The first-order valence-electron chi connectivity index (χ1n) is 13.4. The lowest BCUT2D eigenvalue weighted by molar-refractivity contribution is -0.248.